The number of hydrogen-bond acceptors (Lipinski definition) is 4. The summed E-state index contributed by atoms with van der Waals surface area (Å²) < 4.78 is 33.0. The van der Waals surface area contributed by atoms with Crippen LogP contribution in [0.3, 0.4) is 0 Å². The van der Waals surface area contributed by atoms with E-state index in [1.807, 2.05) is 31.2 Å². The summed E-state index contributed by atoms with van der Waals surface area (Å²) in [6.45, 7) is 5.15. The number of nitrogens with zero attached hydrogens (tertiary/aromatic N) is 1. The van der Waals surface area contributed by atoms with Gasteiger partial charge in [0.2, 0.25) is 10.0 Å². The van der Waals surface area contributed by atoms with Crippen LogP contribution in [0.15, 0.2) is 47.4 Å². The molecule has 0 spiro atoms. The van der Waals surface area contributed by atoms with Crippen molar-refractivity contribution in [2.45, 2.75) is 38.0 Å². The summed E-state index contributed by atoms with van der Waals surface area (Å²) in [5, 5.41) is 2.89. The number of ether oxygens (including phenoxy) is 1. The molecule has 1 amide bonds. The molecule has 0 saturated carbocycles. The van der Waals surface area contributed by atoms with Crippen molar-refractivity contribution < 1.29 is 17.9 Å². The first-order chi connectivity index (χ1) is 13.9. The highest BCUT2D eigenvalue weighted by atomic mass is 32.2. The molecule has 2 aromatic carbocycles. The van der Waals surface area contributed by atoms with Crippen LogP contribution in [0.25, 0.3) is 0 Å². The first-order valence-corrected chi connectivity index (χ1v) is 11.4. The molecule has 0 bridgehead atoms. The zero-order valence-electron chi connectivity index (χ0n) is 17.1. The molecule has 156 valence electrons. The summed E-state index contributed by atoms with van der Waals surface area (Å²) in [6, 6.07) is 12.0. The minimum Gasteiger partial charge on any atom is -0.496 e. The van der Waals surface area contributed by atoms with Crippen LogP contribution in [0.1, 0.15) is 42.6 Å². The van der Waals surface area contributed by atoms with Gasteiger partial charge in [0.15, 0.2) is 0 Å². The van der Waals surface area contributed by atoms with Crippen molar-refractivity contribution in [2.24, 2.45) is 5.92 Å². The first-order valence-electron chi connectivity index (χ1n) is 9.94. The average Bonchev–Trinajstić information content (AvgIpc) is 2.73. The van der Waals surface area contributed by atoms with Gasteiger partial charge in [-0.1, -0.05) is 32.0 Å². The molecule has 6 nitrogen and oxygen atoms in total. The molecule has 0 unspecified atom stereocenters. The topological polar surface area (TPSA) is 75.7 Å². The number of sulfonamides is 1. The number of amides is 1. The fourth-order valence-corrected chi connectivity index (χ4v) is 5.04. The number of aryl methyl sites for hydroxylation is 1. The van der Waals surface area contributed by atoms with Crippen molar-refractivity contribution in [3.05, 3.63) is 53.6 Å². The third kappa shape index (κ3) is 4.62. The quantitative estimate of drug-likeness (QED) is 0.774. The van der Waals surface area contributed by atoms with Crippen molar-refractivity contribution in [3.8, 4) is 5.75 Å². The van der Waals surface area contributed by atoms with E-state index in [0.717, 1.165) is 24.8 Å². The molecule has 1 aliphatic rings. The lowest BCUT2D eigenvalue weighted by atomic mass is 10.0. The van der Waals surface area contributed by atoms with E-state index in [9.17, 15) is 13.2 Å². The molecule has 7 heteroatoms. The Bertz CT molecular complexity index is 980. The third-order valence-electron chi connectivity index (χ3n) is 5.44. The lowest BCUT2D eigenvalue weighted by Gasteiger charge is -2.29. The molecule has 0 atom stereocenters. The molecule has 1 fully saturated rings. The van der Waals surface area contributed by atoms with E-state index in [-0.39, 0.29) is 10.5 Å². The minimum atomic E-state index is -3.65. The zero-order valence-corrected chi connectivity index (χ0v) is 18.0. The SMILES string of the molecule is CCc1ccccc1NC(=O)c1cc(S(=O)(=O)N2CCC(C)CC2)ccc1OC. The number of nitrogens with one attached hydrogen (secondary N) is 1. The molecular formula is C22H28N2O4S. The average molecular weight is 417 g/mol. The van der Waals surface area contributed by atoms with E-state index < -0.39 is 15.9 Å². The van der Waals surface area contributed by atoms with Gasteiger partial charge in [-0.15, -0.1) is 0 Å². The predicted octanol–water partition coefficient (Wildman–Crippen LogP) is 3.93. The van der Waals surface area contributed by atoms with Crippen LogP contribution in [-0.2, 0) is 16.4 Å². The van der Waals surface area contributed by atoms with Crippen LogP contribution in [0.5, 0.6) is 5.75 Å². The Kier molecular flexibility index (Phi) is 6.59. The lowest BCUT2D eigenvalue weighted by Crippen LogP contribution is -2.37. The molecule has 0 aromatic heterocycles. The number of hydrogen-bond donors (Lipinski definition) is 1. The summed E-state index contributed by atoms with van der Waals surface area (Å²) in [6.07, 6.45) is 2.46. The Morgan fingerprint density at radius 3 is 2.52 bits per heavy atom. The smallest absolute Gasteiger partial charge is 0.259 e. The van der Waals surface area contributed by atoms with Gasteiger partial charge in [0.1, 0.15) is 5.75 Å². The van der Waals surface area contributed by atoms with Gasteiger partial charge < -0.3 is 10.1 Å². The molecule has 1 saturated heterocycles. The number of piperidine rings is 1. The highest BCUT2D eigenvalue weighted by molar-refractivity contribution is 7.89. The minimum absolute atomic E-state index is 0.113. The maximum atomic E-state index is 13.1. The molecule has 0 radical (unpaired) electrons. The number of anilines is 1. The van der Waals surface area contributed by atoms with Crippen LogP contribution in [0, 0.1) is 5.92 Å². The van der Waals surface area contributed by atoms with Gasteiger partial charge in [0.05, 0.1) is 17.6 Å². The van der Waals surface area contributed by atoms with E-state index in [4.69, 9.17) is 4.74 Å². The number of para-hydroxylation sites is 1. The summed E-state index contributed by atoms with van der Waals surface area (Å²) in [4.78, 5) is 13.1. The summed E-state index contributed by atoms with van der Waals surface area (Å²) in [5.41, 5.74) is 1.91. The molecule has 3 rings (SSSR count). The third-order valence-corrected chi connectivity index (χ3v) is 7.34. The molecule has 29 heavy (non-hydrogen) atoms. The largest absolute Gasteiger partial charge is 0.496 e. The van der Waals surface area contributed by atoms with Gasteiger partial charge in [0, 0.05) is 18.8 Å². The standard InChI is InChI=1S/C22H28N2O4S/c1-4-17-7-5-6-8-20(17)23-22(25)19-15-18(9-10-21(19)28-3)29(26,27)24-13-11-16(2)12-14-24/h5-10,15-16H,4,11-14H2,1-3H3,(H,23,25). The van der Waals surface area contributed by atoms with Crippen LogP contribution < -0.4 is 10.1 Å². The Morgan fingerprint density at radius 2 is 1.86 bits per heavy atom. The Hall–Kier alpha value is -2.38. The van der Waals surface area contributed by atoms with E-state index >= 15 is 0 Å². The molecule has 1 N–H and O–H groups in total. The van der Waals surface area contributed by atoms with Crippen LogP contribution in [-0.4, -0.2) is 38.8 Å². The number of benzene rings is 2. The Morgan fingerprint density at radius 1 is 1.17 bits per heavy atom. The van der Waals surface area contributed by atoms with Crippen LogP contribution in [0.2, 0.25) is 0 Å². The van der Waals surface area contributed by atoms with Crippen molar-refractivity contribution in [1.82, 2.24) is 4.31 Å². The van der Waals surface area contributed by atoms with Gasteiger partial charge in [-0.3, -0.25) is 4.79 Å². The molecule has 1 aliphatic heterocycles. The number of rotatable bonds is 6. The highest BCUT2D eigenvalue weighted by Crippen LogP contribution is 2.28. The van der Waals surface area contributed by atoms with Gasteiger partial charge in [0.25, 0.3) is 5.91 Å². The van der Waals surface area contributed by atoms with E-state index in [1.54, 1.807) is 6.07 Å². The lowest BCUT2D eigenvalue weighted by molar-refractivity contribution is 0.102. The molecule has 2 aromatic rings. The molecular weight excluding hydrogens is 388 g/mol. The maximum Gasteiger partial charge on any atom is 0.259 e. The number of methoxy groups -OCH3 is 1. The number of carbonyl (C=O) groups is 1. The second-order valence-electron chi connectivity index (χ2n) is 7.41. The Balaban J connectivity index is 1.92. The van der Waals surface area contributed by atoms with Gasteiger partial charge in [-0.05, 0) is 55.0 Å². The monoisotopic (exact) mass is 416 g/mol. The summed E-state index contributed by atoms with van der Waals surface area (Å²) >= 11 is 0. The first kappa shape index (κ1) is 21.3. The molecule has 0 aliphatic carbocycles. The van der Waals surface area contributed by atoms with Gasteiger partial charge >= 0.3 is 0 Å². The Labute approximate surface area is 172 Å². The molecule has 1 heterocycles. The maximum absolute atomic E-state index is 13.1. The number of carbonyl (C=O) groups excluding carboxylic acids is 1. The van der Waals surface area contributed by atoms with Crippen LogP contribution >= 0.6 is 0 Å². The van der Waals surface area contributed by atoms with Crippen molar-refractivity contribution in [3.63, 3.8) is 0 Å². The predicted molar refractivity (Wildman–Crippen MR) is 114 cm³/mol. The van der Waals surface area contributed by atoms with E-state index in [1.165, 1.54) is 23.5 Å². The fraction of sp³-hybridized carbons (Fsp3) is 0.409. The highest BCUT2D eigenvalue weighted by Gasteiger charge is 2.29. The van der Waals surface area contributed by atoms with E-state index in [2.05, 4.69) is 12.2 Å². The van der Waals surface area contributed by atoms with Gasteiger partial charge in [-0.25, -0.2) is 8.42 Å². The van der Waals surface area contributed by atoms with Crippen LogP contribution in [0.4, 0.5) is 5.69 Å². The second-order valence-corrected chi connectivity index (χ2v) is 9.35. The summed E-state index contributed by atoms with van der Waals surface area (Å²) in [5.74, 6) is 0.465. The van der Waals surface area contributed by atoms with E-state index in [0.29, 0.717) is 30.4 Å². The fourth-order valence-electron chi connectivity index (χ4n) is 3.54. The van der Waals surface area contributed by atoms with Crippen molar-refractivity contribution in [1.29, 1.82) is 0 Å². The second kappa shape index (κ2) is 8.97. The normalized spacial score (nSPS) is 15.8. The van der Waals surface area contributed by atoms with Crippen molar-refractivity contribution in [2.75, 3.05) is 25.5 Å². The van der Waals surface area contributed by atoms with Crippen molar-refractivity contribution >= 4 is 21.6 Å². The summed E-state index contributed by atoms with van der Waals surface area (Å²) in [7, 11) is -2.19. The zero-order chi connectivity index (χ0) is 21.0. The van der Waals surface area contributed by atoms with Gasteiger partial charge in [-0.2, -0.15) is 4.31 Å².